The molecule has 1 fully saturated rings. The molecule has 1 saturated carbocycles. The maximum absolute atomic E-state index is 14.1. The van der Waals surface area contributed by atoms with Crippen LogP contribution in [-0.2, 0) is 10.4 Å². The molecule has 0 bridgehead atoms. The molecule has 1 unspecified atom stereocenters. The van der Waals surface area contributed by atoms with E-state index in [2.05, 4.69) is 37.6 Å². The average molecular weight is 549 g/mol. The van der Waals surface area contributed by atoms with Crippen molar-refractivity contribution in [1.29, 1.82) is 0 Å². The minimum atomic E-state index is -4.74. The molecule has 1 aliphatic rings. The van der Waals surface area contributed by atoms with Crippen molar-refractivity contribution >= 4 is 27.8 Å². The zero-order valence-electron chi connectivity index (χ0n) is 18.7. The van der Waals surface area contributed by atoms with Crippen LogP contribution >= 0.6 is 15.9 Å². The Bertz CT molecular complexity index is 1020. The topological polar surface area (TPSA) is 81.4 Å². The fraction of sp³-hybridized carbons (Fsp3) is 0.545. The van der Waals surface area contributed by atoms with Gasteiger partial charge in [-0.15, -0.1) is 6.58 Å². The van der Waals surface area contributed by atoms with Gasteiger partial charge >= 0.3 is 12.3 Å². The molecule has 0 aliphatic heterocycles. The van der Waals surface area contributed by atoms with E-state index in [1.54, 1.807) is 12.1 Å². The van der Waals surface area contributed by atoms with Gasteiger partial charge < -0.3 is 9.26 Å². The van der Waals surface area contributed by atoms with Crippen LogP contribution in [0.25, 0.3) is 0 Å². The Morgan fingerprint density at radius 2 is 2.09 bits per heavy atom. The lowest BCUT2D eigenvalue weighted by atomic mass is 10.0. The van der Waals surface area contributed by atoms with Gasteiger partial charge in [-0.3, -0.25) is 4.90 Å². The molecule has 34 heavy (non-hydrogen) atoms. The lowest BCUT2D eigenvalue weighted by Gasteiger charge is -2.31. The predicted molar refractivity (Wildman–Crippen MR) is 119 cm³/mol. The highest BCUT2D eigenvalue weighted by molar-refractivity contribution is 9.10. The molecule has 0 N–H and O–H groups in total. The van der Waals surface area contributed by atoms with Crippen LogP contribution in [0, 0.1) is 0 Å². The Morgan fingerprint density at radius 3 is 2.68 bits per heavy atom. The third kappa shape index (κ3) is 6.13. The first-order chi connectivity index (χ1) is 15.9. The average Bonchev–Trinajstić information content (AvgIpc) is 3.30. The number of rotatable bonds is 10. The highest BCUT2D eigenvalue weighted by Crippen LogP contribution is 2.49. The first-order valence-corrected chi connectivity index (χ1v) is 11.5. The Kier molecular flexibility index (Phi) is 7.69. The number of anilines is 1. The number of alkyl halides is 4. The molecule has 0 radical (unpaired) electrons. The molecule has 0 spiro atoms. The number of hydrogen-bond acceptors (Lipinski definition) is 6. The van der Waals surface area contributed by atoms with Gasteiger partial charge in [0.2, 0.25) is 5.60 Å². The first kappa shape index (κ1) is 26.1. The standard InChI is InChI=1S/C22H25BrF4N4O3/c1-4-14(17-29-18(34-30-17)21(24)9-10-21)7-5-6-12-31(16-13-15(23)8-11-28-16)19(32)33-20(2,3)22(25,26)27/h4,8,11,13-14H,1,5-7,9-10,12H2,2-3H3. The van der Waals surface area contributed by atoms with Gasteiger partial charge in [-0.05, 0) is 51.7 Å². The van der Waals surface area contributed by atoms with E-state index < -0.39 is 23.5 Å². The number of carbonyl (C=O) groups excluding carboxylic acids is 1. The molecular weight excluding hydrogens is 524 g/mol. The van der Waals surface area contributed by atoms with E-state index in [0.717, 1.165) is 18.7 Å². The molecule has 1 aliphatic carbocycles. The number of ether oxygens (including phenoxy) is 1. The SMILES string of the molecule is C=CC(CCCCN(C(=O)OC(C)(C)C(F)(F)F)c1cc(Br)ccn1)c1noc(C2(F)CC2)n1. The Labute approximate surface area is 202 Å². The molecule has 1 atom stereocenters. The fourth-order valence-corrected chi connectivity index (χ4v) is 3.37. The molecule has 7 nitrogen and oxygen atoms in total. The van der Waals surface area contributed by atoms with Gasteiger partial charge in [0.1, 0.15) is 5.82 Å². The summed E-state index contributed by atoms with van der Waals surface area (Å²) < 4.78 is 64.2. The van der Waals surface area contributed by atoms with Crippen LogP contribution in [0.4, 0.5) is 28.2 Å². The largest absolute Gasteiger partial charge is 0.433 e. The lowest BCUT2D eigenvalue weighted by Crippen LogP contribution is -2.47. The number of hydrogen-bond donors (Lipinski definition) is 0. The predicted octanol–water partition coefficient (Wildman–Crippen LogP) is 6.61. The van der Waals surface area contributed by atoms with Crippen LogP contribution in [0.5, 0.6) is 0 Å². The van der Waals surface area contributed by atoms with Crippen LogP contribution in [0.3, 0.4) is 0 Å². The monoisotopic (exact) mass is 548 g/mol. The number of halogens is 5. The summed E-state index contributed by atoms with van der Waals surface area (Å²) in [5.74, 6) is 0.147. The number of pyridine rings is 1. The molecule has 0 aromatic carbocycles. The van der Waals surface area contributed by atoms with Gasteiger partial charge in [0.25, 0.3) is 5.89 Å². The van der Waals surface area contributed by atoms with Crippen LogP contribution in [0.2, 0.25) is 0 Å². The number of aromatic nitrogens is 3. The molecule has 2 aromatic heterocycles. The molecule has 3 rings (SSSR count). The highest BCUT2D eigenvalue weighted by atomic mass is 79.9. The van der Waals surface area contributed by atoms with Gasteiger partial charge in [-0.25, -0.2) is 14.2 Å². The summed E-state index contributed by atoms with van der Waals surface area (Å²) in [6.07, 6.45) is -0.660. The third-order valence-electron chi connectivity index (χ3n) is 5.51. The summed E-state index contributed by atoms with van der Waals surface area (Å²) in [6, 6.07) is 3.14. The van der Waals surface area contributed by atoms with Gasteiger partial charge in [0, 0.05) is 23.1 Å². The summed E-state index contributed by atoms with van der Waals surface area (Å²) >= 11 is 3.27. The molecule has 2 heterocycles. The van der Waals surface area contributed by atoms with E-state index in [9.17, 15) is 22.4 Å². The van der Waals surface area contributed by atoms with Crippen molar-refractivity contribution in [3.63, 3.8) is 0 Å². The van der Waals surface area contributed by atoms with Crippen molar-refractivity contribution in [1.82, 2.24) is 15.1 Å². The quantitative estimate of drug-likeness (QED) is 0.189. The van der Waals surface area contributed by atoms with E-state index in [-0.39, 0.29) is 24.2 Å². The Balaban J connectivity index is 1.64. The Morgan fingerprint density at radius 1 is 1.38 bits per heavy atom. The lowest BCUT2D eigenvalue weighted by molar-refractivity contribution is -0.243. The first-order valence-electron chi connectivity index (χ1n) is 10.7. The van der Waals surface area contributed by atoms with Crippen molar-refractivity contribution in [2.45, 2.75) is 69.3 Å². The zero-order valence-corrected chi connectivity index (χ0v) is 20.3. The summed E-state index contributed by atoms with van der Waals surface area (Å²) in [7, 11) is 0. The third-order valence-corrected chi connectivity index (χ3v) is 6.00. The normalized spacial score (nSPS) is 16.1. The van der Waals surface area contributed by atoms with E-state index in [1.165, 1.54) is 12.3 Å². The van der Waals surface area contributed by atoms with Crippen LogP contribution < -0.4 is 4.90 Å². The second-order valence-electron chi connectivity index (χ2n) is 8.62. The van der Waals surface area contributed by atoms with Gasteiger partial charge in [-0.1, -0.05) is 33.6 Å². The second kappa shape index (κ2) is 10.0. The Hall–Kier alpha value is -2.50. The van der Waals surface area contributed by atoms with Crippen molar-refractivity contribution in [3.05, 3.63) is 47.2 Å². The number of nitrogens with zero attached hydrogens (tertiary/aromatic N) is 4. The van der Waals surface area contributed by atoms with Crippen LogP contribution in [-0.4, -0.2) is 39.5 Å². The van der Waals surface area contributed by atoms with E-state index >= 15 is 0 Å². The van der Waals surface area contributed by atoms with E-state index in [4.69, 9.17) is 9.26 Å². The second-order valence-corrected chi connectivity index (χ2v) is 9.54. The summed E-state index contributed by atoms with van der Waals surface area (Å²) in [4.78, 5) is 22.0. The van der Waals surface area contributed by atoms with Gasteiger partial charge in [0.05, 0.1) is 0 Å². The van der Waals surface area contributed by atoms with Crippen molar-refractivity contribution in [3.8, 4) is 0 Å². The van der Waals surface area contributed by atoms with Crippen LogP contribution in [0.15, 0.2) is 40.0 Å². The highest BCUT2D eigenvalue weighted by Gasteiger charge is 2.52. The maximum atomic E-state index is 14.1. The summed E-state index contributed by atoms with van der Waals surface area (Å²) in [6.45, 7) is 5.40. The minimum absolute atomic E-state index is 0.0312. The zero-order chi connectivity index (χ0) is 25.1. The van der Waals surface area contributed by atoms with Gasteiger partial charge in [0.15, 0.2) is 11.5 Å². The van der Waals surface area contributed by atoms with Crippen LogP contribution in [0.1, 0.15) is 63.6 Å². The number of allylic oxidation sites excluding steroid dienone is 1. The van der Waals surface area contributed by atoms with Gasteiger partial charge in [-0.2, -0.15) is 18.2 Å². The van der Waals surface area contributed by atoms with Crippen molar-refractivity contribution in [2.24, 2.45) is 0 Å². The minimum Gasteiger partial charge on any atom is -0.433 e. The fourth-order valence-electron chi connectivity index (χ4n) is 3.05. The molecule has 186 valence electrons. The number of unbranched alkanes of at least 4 members (excludes halogenated alkanes) is 1. The smallest absolute Gasteiger partial charge is 0.427 e. The molecule has 0 saturated heterocycles. The van der Waals surface area contributed by atoms with E-state index in [0.29, 0.717) is 42.4 Å². The number of carbonyl (C=O) groups is 1. The van der Waals surface area contributed by atoms with Crippen molar-refractivity contribution in [2.75, 3.05) is 11.4 Å². The van der Waals surface area contributed by atoms with Crippen molar-refractivity contribution < 1.29 is 31.6 Å². The molecular formula is C22H25BrF4N4O3. The van der Waals surface area contributed by atoms with E-state index in [1.807, 2.05) is 0 Å². The molecule has 2 aromatic rings. The number of amides is 1. The maximum Gasteiger partial charge on any atom is 0.427 e. The molecule has 1 amide bonds. The summed E-state index contributed by atoms with van der Waals surface area (Å²) in [5, 5.41) is 3.85. The summed E-state index contributed by atoms with van der Waals surface area (Å²) in [5.41, 5.74) is -4.20. The molecule has 12 heteroatoms.